The molecule has 1 aromatic carbocycles. The van der Waals surface area contributed by atoms with E-state index in [1.807, 2.05) is 20.8 Å². The van der Waals surface area contributed by atoms with E-state index in [9.17, 15) is 13.6 Å². The van der Waals surface area contributed by atoms with Crippen molar-refractivity contribution in [2.24, 2.45) is 0 Å². The van der Waals surface area contributed by atoms with E-state index in [0.717, 1.165) is 18.9 Å². The van der Waals surface area contributed by atoms with E-state index in [1.165, 1.54) is 23.9 Å². The fraction of sp³-hybridized carbons (Fsp3) is 0.562. The monoisotopic (exact) mass is 329 g/mol. The number of thioether (sulfide) groups is 1. The number of nitrogens with zero attached hydrogens (tertiary/aromatic N) is 1. The van der Waals surface area contributed by atoms with E-state index < -0.39 is 17.2 Å². The van der Waals surface area contributed by atoms with Crippen molar-refractivity contribution in [3.05, 3.63) is 29.8 Å². The Kier molecular flexibility index (Phi) is 5.32. The summed E-state index contributed by atoms with van der Waals surface area (Å²) in [5, 5.41) is 0.221. The van der Waals surface area contributed by atoms with Gasteiger partial charge in [0.25, 0.3) is 0 Å². The van der Waals surface area contributed by atoms with Gasteiger partial charge < -0.3 is 9.64 Å². The van der Waals surface area contributed by atoms with Crippen molar-refractivity contribution in [1.29, 1.82) is 0 Å². The summed E-state index contributed by atoms with van der Waals surface area (Å²) in [5.74, 6) is -1.10. The summed E-state index contributed by atoms with van der Waals surface area (Å²) in [6, 6.07) is 3.63. The molecule has 1 fully saturated rings. The van der Waals surface area contributed by atoms with Crippen molar-refractivity contribution >= 4 is 17.9 Å². The molecule has 1 saturated heterocycles. The largest absolute Gasteiger partial charge is 0.444 e. The lowest BCUT2D eigenvalue weighted by Gasteiger charge is -2.33. The van der Waals surface area contributed by atoms with Gasteiger partial charge in [0.05, 0.1) is 0 Å². The number of hydrogen-bond acceptors (Lipinski definition) is 3. The summed E-state index contributed by atoms with van der Waals surface area (Å²) in [7, 11) is 0. The highest BCUT2D eigenvalue weighted by Crippen LogP contribution is 2.32. The van der Waals surface area contributed by atoms with Gasteiger partial charge in [-0.25, -0.2) is 13.6 Å². The van der Waals surface area contributed by atoms with Crippen molar-refractivity contribution in [2.75, 3.05) is 13.1 Å². The first kappa shape index (κ1) is 17.1. The first-order valence-electron chi connectivity index (χ1n) is 7.34. The van der Waals surface area contributed by atoms with Gasteiger partial charge in [-0.3, -0.25) is 0 Å². The van der Waals surface area contributed by atoms with Crippen LogP contribution in [-0.2, 0) is 4.74 Å². The lowest BCUT2D eigenvalue weighted by Crippen LogP contribution is -2.42. The van der Waals surface area contributed by atoms with Crippen LogP contribution in [0.1, 0.15) is 33.6 Å². The van der Waals surface area contributed by atoms with Crippen LogP contribution in [0.5, 0.6) is 0 Å². The van der Waals surface area contributed by atoms with Gasteiger partial charge in [-0.05, 0) is 45.7 Å². The second-order valence-electron chi connectivity index (χ2n) is 6.36. The minimum Gasteiger partial charge on any atom is -0.444 e. The smallest absolute Gasteiger partial charge is 0.410 e. The Hall–Kier alpha value is -1.30. The highest BCUT2D eigenvalue weighted by molar-refractivity contribution is 8.00. The fourth-order valence-corrected chi connectivity index (χ4v) is 3.36. The molecule has 122 valence electrons. The molecule has 0 aliphatic carbocycles. The second-order valence-corrected chi connectivity index (χ2v) is 7.70. The summed E-state index contributed by atoms with van der Waals surface area (Å²) in [5.41, 5.74) is -0.500. The van der Waals surface area contributed by atoms with Crippen molar-refractivity contribution in [1.82, 2.24) is 4.90 Å². The van der Waals surface area contributed by atoms with Gasteiger partial charge in [0.2, 0.25) is 0 Å². The quantitative estimate of drug-likeness (QED) is 0.802. The van der Waals surface area contributed by atoms with Crippen molar-refractivity contribution < 1.29 is 18.3 Å². The fourth-order valence-electron chi connectivity index (χ4n) is 2.23. The molecular weight excluding hydrogens is 308 g/mol. The first-order valence-corrected chi connectivity index (χ1v) is 8.22. The molecule has 22 heavy (non-hydrogen) atoms. The molecule has 0 atom stereocenters. The molecule has 1 aliphatic heterocycles. The Morgan fingerprint density at radius 1 is 1.27 bits per heavy atom. The van der Waals surface area contributed by atoms with Crippen LogP contribution in [0.25, 0.3) is 0 Å². The van der Waals surface area contributed by atoms with E-state index in [0.29, 0.717) is 18.0 Å². The molecule has 1 heterocycles. The number of benzene rings is 1. The maximum Gasteiger partial charge on any atom is 0.410 e. The van der Waals surface area contributed by atoms with Crippen molar-refractivity contribution in [3.63, 3.8) is 0 Å². The van der Waals surface area contributed by atoms with Gasteiger partial charge >= 0.3 is 6.09 Å². The normalized spacial score (nSPS) is 16.7. The summed E-state index contributed by atoms with van der Waals surface area (Å²) in [4.78, 5) is 14.1. The number of carbonyl (C=O) groups is 1. The third-order valence-corrected chi connectivity index (χ3v) is 4.67. The van der Waals surface area contributed by atoms with Crippen LogP contribution < -0.4 is 0 Å². The zero-order valence-electron chi connectivity index (χ0n) is 13.1. The Bertz CT molecular complexity index is 537. The van der Waals surface area contributed by atoms with Gasteiger partial charge in [-0.15, -0.1) is 11.8 Å². The Morgan fingerprint density at radius 3 is 2.45 bits per heavy atom. The molecule has 3 nitrogen and oxygen atoms in total. The van der Waals surface area contributed by atoms with Crippen molar-refractivity contribution in [3.8, 4) is 0 Å². The predicted molar refractivity (Wildman–Crippen MR) is 83.0 cm³/mol. The van der Waals surface area contributed by atoms with E-state index in [4.69, 9.17) is 4.74 Å². The highest BCUT2D eigenvalue weighted by Gasteiger charge is 2.27. The molecular formula is C16H21F2NO2S. The molecule has 0 unspecified atom stereocenters. The van der Waals surface area contributed by atoms with Crippen LogP contribution in [0, 0.1) is 11.6 Å². The standard InChI is InChI=1S/C16H21F2NO2S/c1-16(2,3)21-15(20)19-8-6-12(7-9-19)22-14-5-4-11(17)10-13(14)18/h4-5,10,12H,6-9H2,1-3H3. The summed E-state index contributed by atoms with van der Waals surface area (Å²) >= 11 is 1.41. The Morgan fingerprint density at radius 2 is 1.91 bits per heavy atom. The van der Waals surface area contributed by atoms with Crippen LogP contribution in [0.3, 0.4) is 0 Å². The average molecular weight is 329 g/mol. The summed E-state index contributed by atoms with van der Waals surface area (Å²) in [6.45, 7) is 6.70. The van der Waals surface area contributed by atoms with Gasteiger partial charge in [0.15, 0.2) is 0 Å². The maximum atomic E-state index is 13.7. The second kappa shape index (κ2) is 6.86. The van der Waals surface area contributed by atoms with Crippen LogP contribution in [0.4, 0.5) is 13.6 Å². The SMILES string of the molecule is CC(C)(C)OC(=O)N1CCC(Sc2ccc(F)cc2F)CC1. The predicted octanol–water partition coefficient (Wildman–Crippen LogP) is 4.46. The van der Waals surface area contributed by atoms with E-state index in [-0.39, 0.29) is 11.3 Å². The molecule has 1 aromatic rings. The minimum atomic E-state index is -0.568. The molecule has 0 N–H and O–H groups in total. The molecule has 0 bridgehead atoms. The zero-order chi connectivity index (χ0) is 16.3. The number of piperidine rings is 1. The number of carbonyl (C=O) groups excluding carboxylic acids is 1. The molecule has 1 aliphatic rings. The molecule has 0 spiro atoms. The highest BCUT2D eigenvalue weighted by atomic mass is 32.2. The molecule has 0 aromatic heterocycles. The number of ether oxygens (including phenoxy) is 1. The van der Waals surface area contributed by atoms with E-state index in [2.05, 4.69) is 0 Å². The van der Waals surface area contributed by atoms with Gasteiger partial charge in [-0.1, -0.05) is 0 Å². The Balaban J connectivity index is 1.86. The maximum absolute atomic E-state index is 13.7. The topological polar surface area (TPSA) is 29.5 Å². The van der Waals surface area contributed by atoms with Crippen LogP contribution in [-0.4, -0.2) is 34.9 Å². The Labute approximate surface area is 134 Å². The minimum absolute atomic E-state index is 0.221. The number of halogens is 2. The van der Waals surface area contributed by atoms with Crippen LogP contribution >= 0.6 is 11.8 Å². The lowest BCUT2D eigenvalue weighted by atomic mass is 10.1. The molecule has 6 heteroatoms. The van der Waals surface area contributed by atoms with Crippen molar-refractivity contribution in [2.45, 2.75) is 49.4 Å². The molecule has 0 radical (unpaired) electrons. The third-order valence-electron chi connectivity index (χ3n) is 3.28. The number of likely N-dealkylation sites (tertiary alicyclic amines) is 1. The van der Waals surface area contributed by atoms with Crippen LogP contribution in [0.15, 0.2) is 23.1 Å². The molecule has 1 amide bonds. The number of amides is 1. The third kappa shape index (κ3) is 4.87. The van der Waals surface area contributed by atoms with E-state index >= 15 is 0 Å². The first-order chi connectivity index (χ1) is 10.2. The van der Waals surface area contributed by atoms with Crippen LogP contribution in [0.2, 0.25) is 0 Å². The molecule has 0 saturated carbocycles. The molecule has 2 rings (SSSR count). The zero-order valence-corrected chi connectivity index (χ0v) is 13.9. The van der Waals surface area contributed by atoms with Gasteiger partial charge in [0, 0.05) is 29.3 Å². The van der Waals surface area contributed by atoms with Gasteiger partial charge in [0.1, 0.15) is 17.2 Å². The van der Waals surface area contributed by atoms with E-state index in [1.54, 1.807) is 4.90 Å². The number of rotatable bonds is 2. The average Bonchev–Trinajstić information content (AvgIpc) is 2.41. The summed E-state index contributed by atoms with van der Waals surface area (Å²) in [6.07, 6.45) is 1.23. The summed E-state index contributed by atoms with van der Waals surface area (Å²) < 4.78 is 31.9. The lowest BCUT2D eigenvalue weighted by molar-refractivity contribution is 0.0219. The van der Waals surface area contributed by atoms with Gasteiger partial charge in [-0.2, -0.15) is 0 Å². The number of hydrogen-bond donors (Lipinski definition) is 0.